The molecule has 10 heteroatoms. The maximum absolute atomic E-state index is 12.5. The number of carbonyl (C=O) groups is 2. The Hall–Kier alpha value is -1.58. The predicted molar refractivity (Wildman–Crippen MR) is 110 cm³/mol. The highest BCUT2D eigenvalue weighted by Gasteiger charge is 2.23. The minimum atomic E-state index is 0.0403. The third kappa shape index (κ3) is 5.48. The number of amides is 2. The van der Waals surface area contributed by atoms with Gasteiger partial charge in [0.1, 0.15) is 11.0 Å². The van der Waals surface area contributed by atoms with E-state index in [2.05, 4.69) is 21.8 Å². The van der Waals surface area contributed by atoms with Crippen LogP contribution in [0, 0.1) is 0 Å². The van der Waals surface area contributed by atoms with Gasteiger partial charge in [0.25, 0.3) is 0 Å². The van der Waals surface area contributed by atoms with E-state index in [-0.39, 0.29) is 17.6 Å². The molecule has 0 aliphatic carbocycles. The summed E-state index contributed by atoms with van der Waals surface area (Å²) >= 11 is 7.52. The Morgan fingerprint density at radius 3 is 2.36 bits per heavy atom. The lowest BCUT2D eigenvalue weighted by Crippen LogP contribution is -3.14. The van der Waals surface area contributed by atoms with Gasteiger partial charge in [-0.3, -0.25) is 9.59 Å². The molecule has 0 aromatic carbocycles. The summed E-state index contributed by atoms with van der Waals surface area (Å²) in [4.78, 5) is 40.2. The first-order valence-electron chi connectivity index (χ1n) is 9.75. The molecule has 3 rings (SSSR count). The monoisotopic (exact) mass is 427 g/mol. The molecule has 2 aliphatic heterocycles. The number of quaternary nitrogens is 1. The van der Waals surface area contributed by atoms with Gasteiger partial charge >= 0.3 is 0 Å². The Bertz CT molecular complexity index is 705. The number of aromatic nitrogens is 2. The number of nitrogens with one attached hydrogen (secondary N) is 1. The summed E-state index contributed by atoms with van der Waals surface area (Å²) < 4.78 is 0. The third-order valence-electron chi connectivity index (χ3n) is 5.36. The number of halogens is 1. The van der Waals surface area contributed by atoms with Crippen LogP contribution in [0.4, 0.5) is 5.82 Å². The quantitative estimate of drug-likeness (QED) is 0.393. The second-order valence-corrected chi connectivity index (χ2v) is 8.43. The molecule has 3 heterocycles. The van der Waals surface area contributed by atoms with Gasteiger partial charge in [0.05, 0.1) is 38.5 Å². The van der Waals surface area contributed by atoms with E-state index >= 15 is 0 Å². The highest BCUT2D eigenvalue weighted by molar-refractivity contribution is 7.99. The summed E-state index contributed by atoms with van der Waals surface area (Å²) in [6.45, 7) is 11.3. The summed E-state index contributed by atoms with van der Waals surface area (Å²) in [6, 6.07) is 1.80. The zero-order chi connectivity index (χ0) is 20.1. The van der Waals surface area contributed by atoms with Crippen LogP contribution >= 0.6 is 23.4 Å². The molecule has 2 amide bonds. The lowest BCUT2D eigenvalue weighted by atomic mass is 10.3. The van der Waals surface area contributed by atoms with Crippen LogP contribution in [-0.2, 0) is 9.59 Å². The molecule has 1 N–H and O–H groups in total. The number of hydrogen-bond acceptors (Lipinski definition) is 6. The van der Waals surface area contributed by atoms with Crippen molar-refractivity contribution >= 4 is 41.0 Å². The number of hydrogen-bond donors (Lipinski definition) is 1. The van der Waals surface area contributed by atoms with Gasteiger partial charge in [-0.2, -0.15) is 0 Å². The van der Waals surface area contributed by atoms with E-state index in [9.17, 15) is 9.59 Å². The number of piperazine rings is 2. The molecular weight excluding hydrogens is 400 g/mol. The molecular formula is C18H28ClN6O2S+. The third-order valence-corrected chi connectivity index (χ3v) is 6.38. The number of likely N-dealkylation sites (N-methyl/N-ethyl adjacent to an activating group) is 1. The maximum Gasteiger partial charge on any atom is 0.233 e. The first-order chi connectivity index (χ1) is 13.5. The molecule has 1 aromatic rings. The number of rotatable bonds is 5. The van der Waals surface area contributed by atoms with E-state index in [1.165, 1.54) is 11.8 Å². The second-order valence-electron chi connectivity index (χ2n) is 7.10. The highest BCUT2D eigenvalue weighted by Crippen LogP contribution is 2.22. The second kappa shape index (κ2) is 9.76. The van der Waals surface area contributed by atoms with Crippen LogP contribution in [0.1, 0.15) is 13.8 Å². The van der Waals surface area contributed by atoms with Gasteiger partial charge in [-0.15, -0.1) is 0 Å². The lowest BCUT2D eigenvalue weighted by molar-refractivity contribution is -0.898. The van der Waals surface area contributed by atoms with Gasteiger partial charge < -0.3 is 19.6 Å². The van der Waals surface area contributed by atoms with Gasteiger partial charge in [0.2, 0.25) is 11.8 Å². The van der Waals surface area contributed by atoms with Gasteiger partial charge in [-0.1, -0.05) is 23.4 Å². The minimum absolute atomic E-state index is 0.0403. The Labute approximate surface area is 175 Å². The molecule has 0 spiro atoms. The molecule has 0 bridgehead atoms. The minimum Gasteiger partial charge on any atom is -0.345 e. The lowest BCUT2D eigenvalue weighted by Gasteiger charge is -2.34. The van der Waals surface area contributed by atoms with Crippen molar-refractivity contribution in [1.82, 2.24) is 19.8 Å². The maximum atomic E-state index is 12.5. The predicted octanol–water partition coefficient (Wildman–Crippen LogP) is -0.362. The average molecular weight is 428 g/mol. The van der Waals surface area contributed by atoms with Crippen molar-refractivity contribution in [3.8, 4) is 0 Å². The smallest absolute Gasteiger partial charge is 0.233 e. The molecule has 0 unspecified atom stereocenters. The fraction of sp³-hybridized carbons (Fsp3) is 0.667. The van der Waals surface area contributed by atoms with Crippen molar-refractivity contribution in [3.63, 3.8) is 0 Å². The van der Waals surface area contributed by atoms with Gasteiger partial charge in [-0.25, -0.2) is 9.97 Å². The summed E-state index contributed by atoms with van der Waals surface area (Å²) in [5, 5.41) is 0.934. The van der Waals surface area contributed by atoms with Crippen LogP contribution in [0.2, 0.25) is 5.15 Å². The Balaban J connectivity index is 1.54. The van der Waals surface area contributed by atoms with Crippen molar-refractivity contribution in [2.24, 2.45) is 0 Å². The van der Waals surface area contributed by atoms with Gasteiger partial charge in [0.15, 0.2) is 5.16 Å². The van der Waals surface area contributed by atoms with Crippen LogP contribution in [0.3, 0.4) is 0 Å². The fourth-order valence-corrected chi connectivity index (χ4v) is 4.49. The molecule has 28 heavy (non-hydrogen) atoms. The molecule has 154 valence electrons. The zero-order valence-corrected chi connectivity index (χ0v) is 18.1. The highest BCUT2D eigenvalue weighted by atomic mass is 35.5. The van der Waals surface area contributed by atoms with E-state index in [0.29, 0.717) is 36.5 Å². The van der Waals surface area contributed by atoms with Crippen LogP contribution in [-0.4, -0.2) is 96.2 Å². The van der Waals surface area contributed by atoms with E-state index in [0.717, 1.165) is 38.5 Å². The van der Waals surface area contributed by atoms with Gasteiger partial charge in [0, 0.05) is 39.2 Å². The number of carbonyl (C=O) groups excluding carboxylic acids is 2. The van der Waals surface area contributed by atoms with Gasteiger partial charge in [-0.05, 0) is 6.92 Å². The summed E-state index contributed by atoms with van der Waals surface area (Å²) in [5.41, 5.74) is 0. The van der Waals surface area contributed by atoms with Crippen molar-refractivity contribution in [1.29, 1.82) is 0 Å². The largest absolute Gasteiger partial charge is 0.345 e. The SMILES string of the molecule is CC[NH+]1CCN(c2cc(Cl)nc(SCC(=O)N3CCN(C(C)=O)CC3)n2)CC1. The summed E-state index contributed by atoms with van der Waals surface area (Å²) in [5.74, 6) is 1.20. The standard InChI is InChI=1S/C18H27ClN6O2S/c1-3-22-4-6-24(7-5-22)16-12-15(19)20-18(21-16)28-13-17(27)25-10-8-23(9-11-25)14(2)26/h12H,3-11,13H2,1-2H3/p+1. The van der Waals surface area contributed by atoms with E-state index in [1.807, 2.05) is 0 Å². The Kier molecular flexibility index (Phi) is 7.36. The van der Waals surface area contributed by atoms with Crippen LogP contribution in [0.5, 0.6) is 0 Å². The van der Waals surface area contributed by atoms with E-state index in [1.54, 1.807) is 27.7 Å². The molecule has 0 radical (unpaired) electrons. The Morgan fingerprint density at radius 2 is 1.75 bits per heavy atom. The summed E-state index contributed by atoms with van der Waals surface area (Å²) in [6.07, 6.45) is 0. The molecule has 2 saturated heterocycles. The fourth-order valence-electron chi connectivity index (χ4n) is 3.51. The average Bonchev–Trinajstić information content (AvgIpc) is 2.71. The van der Waals surface area contributed by atoms with Crippen molar-refractivity contribution in [2.45, 2.75) is 19.0 Å². The van der Waals surface area contributed by atoms with Crippen LogP contribution < -0.4 is 9.80 Å². The zero-order valence-electron chi connectivity index (χ0n) is 16.5. The topological polar surface area (TPSA) is 74.1 Å². The molecule has 1 aromatic heterocycles. The van der Waals surface area contributed by atoms with E-state index < -0.39 is 0 Å². The molecule has 0 atom stereocenters. The number of thioether (sulfide) groups is 1. The first kappa shape index (κ1) is 21.1. The first-order valence-corrected chi connectivity index (χ1v) is 11.1. The summed E-state index contributed by atoms with van der Waals surface area (Å²) in [7, 11) is 0. The number of anilines is 1. The Morgan fingerprint density at radius 1 is 1.11 bits per heavy atom. The number of nitrogens with zero attached hydrogens (tertiary/aromatic N) is 5. The molecule has 8 nitrogen and oxygen atoms in total. The molecule has 2 aliphatic rings. The normalized spacial score (nSPS) is 18.5. The molecule has 2 fully saturated rings. The van der Waals surface area contributed by atoms with Crippen molar-refractivity contribution < 1.29 is 14.5 Å². The molecule has 0 saturated carbocycles. The van der Waals surface area contributed by atoms with Crippen molar-refractivity contribution in [2.75, 3.05) is 69.6 Å². The van der Waals surface area contributed by atoms with E-state index in [4.69, 9.17) is 11.6 Å². The van der Waals surface area contributed by atoms with Crippen molar-refractivity contribution in [3.05, 3.63) is 11.2 Å². The van der Waals surface area contributed by atoms with Crippen LogP contribution in [0.15, 0.2) is 11.2 Å². The van der Waals surface area contributed by atoms with Crippen LogP contribution in [0.25, 0.3) is 0 Å².